The fourth-order valence-corrected chi connectivity index (χ4v) is 1.94. The number of aryl methyl sites for hydroxylation is 1. The average Bonchev–Trinajstić information content (AvgIpc) is 2.68. The first-order valence-electron chi connectivity index (χ1n) is 4.95. The van der Waals surface area contributed by atoms with E-state index in [0.29, 0.717) is 11.2 Å². The molecule has 76 valence electrons. The van der Waals surface area contributed by atoms with E-state index in [4.69, 9.17) is 0 Å². The molecule has 0 aliphatic rings. The summed E-state index contributed by atoms with van der Waals surface area (Å²) in [5, 5.41) is 17.9. The van der Waals surface area contributed by atoms with Crippen LogP contribution in [0.1, 0.15) is 11.3 Å². The predicted octanol–water partition coefficient (Wildman–Crippen LogP) is 2.29. The Morgan fingerprint density at radius 1 is 1.31 bits per heavy atom. The minimum Gasteiger partial charge on any atom is -0.280 e. The number of hydrogen-bond acceptors (Lipinski definition) is 3. The number of nitrogens with zero attached hydrogens (tertiary/aromatic N) is 3. The Bertz CT molecular complexity index is 734. The molecule has 2 aromatic heterocycles. The average molecular weight is 208 g/mol. The highest BCUT2D eigenvalue weighted by Crippen LogP contribution is 2.25. The fraction of sp³-hybridized carbons (Fsp3) is 0.0833. The number of aromatic nitrogens is 3. The Morgan fingerprint density at radius 3 is 2.94 bits per heavy atom. The number of fused-ring (bicyclic) bond motifs is 2. The maximum Gasteiger partial charge on any atom is 0.183 e. The molecule has 0 unspecified atom stereocenters. The molecule has 0 fully saturated rings. The molecule has 3 aromatic rings. The third-order valence-electron chi connectivity index (χ3n) is 2.69. The number of aromatic amines is 1. The quantitative estimate of drug-likeness (QED) is 0.616. The molecule has 0 atom stereocenters. The topological polar surface area (TPSA) is 65.4 Å². The van der Waals surface area contributed by atoms with Crippen molar-refractivity contribution in [1.82, 2.24) is 15.2 Å². The van der Waals surface area contributed by atoms with Gasteiger partial charge in [0.05, 0.1) is 16.5 Å². The van der Waals surface area contributed by atoms with Crippen LogP contribution in [0.3, 0.4) is 0 Å². The van der Waals surface area contributed by atoms with Crippen molar-refractivity contribution in [2.24, 2.45) is 0 Å². The molecule has 0 amide bonds. The van der Waals surface area contributed by atoms with Gasteiger partial charge in [-0.1, -0.05) is 18.2 Å². The lowest BCUT2D eigenvalue weighted by atomic mass is 10.1. The molecule has 3 rings (SSSR count). The first-order valence-corrected chi connectivity index (χ1v) is 4.95. The second-order valence-electron chi connectivity index (χ2n) is 3.66. The number of benzene rings is 1. The fourth-order valence-electron chi connectivity index (χ4n) is 1.94. The van der Waals surface area contributed by atoms with Crippen LogP contribution in [0.4, 0.5) is 0 Å². The van der Waals surface area contributed by atoms with Gasteiger partial charge in [-0.25, -0.2) is 4.98 Å². The van der Waals surface area contributed by atoms with Gasteiger partial charge in [0.1, 0.15) is 6.07 Å². The summed E-state index contributed by atoms with van der Waals surface area (Å²) in [7, 11) is 0. The lowest BCUT2D eigenvalue weighted by Gasteiger charge is -2.00. The third-order valence-corrected chi connectivity index (χ3v) is 2.69. The van der Waals surface area contributed by atoms with Crippen LogP contribution < -0.4 is 0 Å². The zero-order valence-electron chi connectivity index (χ0n) is 8.65. The smallest absolute Gasteiger partial charge is 0.183 e. The highest BCUT2D eigenvalue weighted by atomic mass is 15.1. The summed E-state index contributed by atoms with van der Waals surface area (Å²) in [6.07, 6.45) is 0. The standard InChI is InChI=1S/C12H8N4/c1-7-11-9(6-13)8-4-2-3-5-10(8)14-12(11)16-15-7/h2-5H,1H3,(H,14,15,16). The molecule has 0 bridgehead atoms. The van der Waals surface area contributed by atoms with E-state index in [1.807, 2.05) is 31.2 Å². The second kappa shape index (κ2) is 3.04. The van der Waals surface area contributed by atoms with Gasteiger partial charge in [-0.05, 0) is 13.0 Å². The van der Waals surface area contributed by atoms with Gasteiger partial charge in [0.15, 0.2) is 5.65 Å². The van der Waals surface area contributed by atoms with Crippen LogP contribution in [-0.2, 0) is 0 Å². The molecular weight excluding hydrogens is 200 g/mol. The first kappa shape index (κ1) is 8.86. The second-order valence-corrected chi connectivity index (χ2v) is 3.66. The number of pyridine rings is 1. The van der Waals surface area contributed by atoms with E-state index in [2.05, 4.69) is 21.3 Å². The zero-order valence-corrected chi connectivity index (χ0v) is 8.65. The number of para-hydroxylation sites is 1. The van der Waals surface area contributed by atoms with Crippen LogP contribution in [0.2, 0.25) is 0 Å². The molecular formula is C12H8N4. The molecule has 0 radical (unpaired) electrons. The summed E-state index contributed by atoms with van der Waals surface area (Å²) in [6, 6.07) is 9.85. The molecule has 4 heteroatoms. The summed E-state index contributed by atoms with van der Waals surface area (Å²) >= 11 is 0. The Morgan fingerprint density at radius 2 is 2.12 bits per heavy atom. The van der Waals surface area contributed by atoms with Crippen LogP contribution in [0.25, 0.3) is 21.9 Å². The Labute approximate surface area is 91.5 Å². The van der Waals surface area contributed by atoms with Gasteiger partial charge in [-0.3, -0.25) is 5.10 Å². The molecule has 0 spiro atoms. The van der Waals surface area contributed by atoms with Crippen LogP contribution in [0.5, 0.6) is 0 Å². The van der Waals surface area contributed by atoms with Crippen LogP contribution in [-0.4, -0.2) is 15.2 Å². The number of nitrogens with one attached hydrogen (secondary N) is 1. The van der Waals surface area contributed by atoms with Crippen molar-refractivity contribution in [2.75, 3.05) is 0 Å². The Hall–Kier alpha value is -2.41. The van der Waals surface area contributed by atoms with Crippen molar-refractivity contribution in [3.05, 3.63) is 35.5 Å². The van der Waals surface area contributed by atoms with Crippen molar-refractivity contribution >= 4 is 21.9 Å². The van der Waals surface area contributed by atoms with Gasteiger partial charge in [-0.15, -0.1) is 0 Å². The molecule has 2 heterocycles. The molecule has 0 aliphatic carbocycles. The molecule has 0 aliphatic heterocycles. The maximum absolute atomic E-state index is 9.26. The molecule has 1 aromatic carbocycles. The largest absolute Gasteiger partial charge is 0.280 e. The van der Waals surface area contributed by atoms with Gasteiger partial charge < -0.3 is 0 Å². The molecule has 0 saturated heterocycles. The number of H-pyrrole nitrogens is 1. The predicted molar refractivity (Wildman–Crippen MR) is 60.8 cm³/mol. The van der Waals surface area contributed by atoms with Crippen molar-refractivity contribution in [1.29, 1.82) is 5.26 Å². The van der Waals surface area contributed by atoms with E-state index in [1.165, 1.54) is 0 Å². The van der Waals surface area contributed by atoms with Gasteiger partial charge in [0.25, 0.3) is 0 Å². The molecule has 1 N–H and O–H groups in total. The number of nitriles is 1. The Kier molecular flexibility index (Phi) is 1.68. The van der Waals surface area contributed by atoms with Gasteiger partial charge in [-0.2, -0.15) is 10.4 Å². The van der Waals surface area contributed by atoms with Gasteiger partial charge >= 0.3 is 0 Å². The zero-order chi connectivity index (χ0) is 11.1. The normalized spacial score (nSPS) is 10.8. The van der Waals surface area contributed by atoms with Crippen LogP contribution in [0, 0.1) is 18.3 Å². The number of hydrogen-bond donors (Lipinski definition) is 1. The van der Waals surface area contributed by atoms with E-state index < -0.39 is 0 Å². The Balaban J connectivity index is 2.66. The summed E-state index contributed by atoms with van der Waals surface area (Å²) in [6.45, 7) is 1.90. The summed E-state index contributed by atoms with van der Waals surface area (Å²) < 4.78 is 0. The summed E-state index contributed by atoms with van der Waals surface area (Å²) in [4.78, 5) is 4.41. The minimum atomic E-state index is 0.604. The van der Waals surface area contributed by atoms with Crippen LogP contribution >= 0.6 is 0 Å². The van der Waals surface area contributed by atoms with E-state index in [-0.39, 0.29) is 0 Å². The summed E-state index contributed by atoms with van der Waals surface area (Å²) in [5.41, 5.74) is 2.93. The van der Waals surface area contributed by atoms with Crippen molar-refractivity contribution in [3.8, 4) is 6.07 Å². The van der Waals surface area contributed by atoms with Gasteiger partial charge in [0, 0.05) is 11.1 Å². The lowest BCUT2D eigenvalue weighted by Crippen LogP contribution is -1.87. The van der Waals surface area contributed by atoms with E-state index in [9.17, 15) is 5.26 Å². The minimum absolute atomic E-state index is 0.604. The van der Waals surface area contributed by atoms with Crippen LogP contribution in [0.15, 0.2) is 24.3 Å². The highest BCUT2D eigenvalue weighted by molar-refractivity contribution is 5.99. The van der Waals surface area contributed by atoms with Gasteiger partial charge in [0.2, 0.25) is 0 Å². The SMILES string of the molecule is Cc1[nH]nc2nc3ccccc3c(C#N)c12. The molecule has 0 saturated carbocycles. The first-order chi connectivity index (χ1) is 7.81. The van der Waals surface area contributed by atoms with Crippen molar-refractivity contribution < 1.29 is 0 Å². The highest BCUT2D eigenvalue weighted by Gasteiger charge is 2.12. The van der Waals surface area contributed by atoms with E-state index in [1.54, 1.807) is 0 Å². The van der Waals surface area contributed by atoms with Crippen molar-refractivity contribution in [3.63, 3.8) is 0 Å². The molecule has 4 nitrogen and oxygen atoms in total. The monoisotopic (exact) mass is 208 g/mol. The van der Waals surface area contributed by atoms with Crippen molar-refractivity contribution in [2.45, 2.75) is 6.92 Å². The van der Waals surface area contributed by atoms with E-state index in [0.717, 1.165) is 22.0 Å². The maximum atomic E-state index is 9.26. The molecule has 16 heavy (non-hydrogen) atoms. The van der Waals surface area contributed by atoms with E-state index >= 15 is 0 Å². The third kappa shape index (κ3) is 1.03. The summed E-state index contributed by atoms with van der Waals surface area (Å²) in [5.74, 6) is 0. The lowest BCUT2D eigenvalue weighted by molar-refractivity contribution is 1.06. The number of rotatable bonds is 0.